The summed E-state index contributed by atoms with van der Waals surface area (Å²) in [5.41, 5.74) is 1.21. The normalized spacial score (nSPS) is 22.5. The molecule has 9 heteroatoms. The molecule has 1 aromatic rings. The van der Waals surface area contributed by atoms with E-state index >= 15 is 0 Å². The maximum atomic E-state index is 11.3. The van der Waals surface area contributed by atoms with Gasteiger partial charge >= 0.3 is 11.9 Å². The Bertz CT molecular complexity index is 786. The van der Waals surface area contributed by atoms with Gasteiger partial charge in [0.15, 0.2) is 0 Å². The molecule has 0 aromatic heterocycles. The van der Waals surface area contributed by atoms with Gasteiger partial charge in [-0.1, -0.05) is 18.2 Å². The van der Waals surface area contributed by atoms with Crippen LogP contribution in [0.3, 0.4) is 0 Å². The van der Waals surface area contributed by atoms with E-state index in [2.05, 4.69) is 4.72 Å². The number of sulfonamides is 1. The van der Waals surface area contributed by atoms with Crippen LogP contribution in [0.4, 0.5) is 5.69 Å². The van der Waals surface area contributed by atoms with Crippen molar-refractivity contribution in [2.24, 2.45) is 0 Å². The lowest BCUT2D eigenvalue weighted by Gasteiger charge is -2.31. The van der Waals surface area contributed by atoms with E-state index in [1.165, 1.54) is 13.8 Å². The van der Waals surface area contributed by atoms with Crippen LogP contribution in [0.5, 0.6) is 0 Å². The molecule has 3 atom stereocenters. The van der Waals surface area contributed by atoms with Gasteiger partial charge in [0.1, 0.15) is 24.9 Å². The summed E-state index contributed by atoms with van der Waals surface area (Å²) in [5, 5.41) is 0. The molecule has 8 nitrogen and oxygen atoms in total. The summed E-state index contributed by atoms with van der Waals surface area (Å²) >= 11 is 0. The van der Waals surface area contributed by atoms with Gasteiger partial charge < -0.3 is 14.2 Å². The summed E-state index contributed by atoms with van der Waals surface area (Å²) in [6, 6.07) is 6.68. The summed E-state index contributed by atoms with van der Waals surface area (Å²) < 4.78 is 40.9. The number of carbonyl (C=O) groups excluding carboxylic acids is 2. The number of nitrogens with one attached hydrogen (secondary N) is 1. The highest BCUT2D eigenvalue weighted by atomic mass is 32.2. The van der Waals surface area contributed by atoms with Gasteiger partial charge in [-0.25, -0.2) is 8.42 Å². The fourth-order valence-electron chi connectivity index (χ4n) is 2.43. The van der Waals surface area contributed by atoms with E-state index in [0.717, 1.165) is 11.8 Å². The number of esters is 2. The van der Waals surface area contributed by atoms with Crippen molar-refractivity contribution < 1.29 is 32.2 Å². The molecule has 0 spiro atoms. The van der Waals surface area contributed by atoms with Gasteiger partial charge in [-0.05, 0) is 23.8 Å². The van der Waals surface area contributed by atoms with Crippen LogP contribution in [-0.4, -0.2) is 45.4 Å². The SMILES string of the molecule is CC(=O)OC[C@H]1O[C@H](c2ccc(NS(C)(=O)=O)cc2)C=C[C@@H]1OC(C)=O. The minimum atomic E-state index is -3.35. The number of hydrogen-bond donors (Lipinski definition) is 1. The largest absolute Gasteiger partial charge is 0.463 e. The van der Waals surface area contributed by atoms with Gasteiger partial charge in [-0.2, -0.15) is 0 Å². The van der Waals surface area contributed by atoms with Crippen molar-refractivity contribution in [3.8, 4) is 0 Å². The Labute approximate surface area is 152 Å². The number of anilines is 1. The van der Waals surface area contributed by atoms with Gasteiger partial charge in [-0.3, -0.25) is 14.3 Å². The van der Waals surface area contributed by atoms with E-state index in [1.807, 2.05) is 0 Å². The molecule has 1 aromatic carbocycles. The van der Waals surface area contributed by atoms with Crippen molar-refractivity contribution in [3.05, 3.63) is 42.0 Å². The molecule has 0 aliphatic carbocycles. The van der Waals surface area contributed by atoms with Gasteiger partial charge in [0, 0.05) is 19.5 Å². The molecular formula is C17H21NO7S. The van der Waals surface area contributed by atoms with Crippen molar-refractivity contribution >= 4 is 27.6 Å². The van der Waals surface area contributed by atoms with Crippen LogP contribution >= 0.6 is 0 Å². The topological polar surface area (TPSA) is 108 Å². The van der Waals surface area contributed by atoms with Crippen LogP contribution in [-0.2, 0) is 33.8 Å². The Morgan fingerprint density at radius 2 is 1.77 bits per heavy atom. The van der Waals surface area contributed by atoms with Gasteiger partial charge in [0.2, 0.25) is 10.0 Å². The van der Waals surface area contributed by atoms with Gasteiger partial charge in [0.05, 0.1) is 6.26 Å². The second-order valence-electron chi connectivity index (χ2n) is 5.85. The van der Waals surface area contributed by atoms with Crippen molar-refractivity contribution in [1.82, 2.24) is 0 Å². The van der Waals surface area contributed by atoms with Crippen LogP contribution in [0, 0.1) is 0 Å². The second-order valence-corrected chi connectivity index (χ2v) is 7.60. The highest BCUT2D eigenvalue weighted by molar-refractivity contribution is 7.92. The maximum absolute atomic E-state index is 11.3. The van der Waals surface area contributed by atoms with Crippen LogP contribution in [0.25, 0.3) is 0 Å². The monoisotopic (exact) mass is 383 g/mol. The van der Waals surface area contributed by atoms with Crippen LogP contribution in [0.15, 0.2) is 36.4 Å². The minimum Gasteiger partial charge on any atom is -0.463 e. The summed E-state index contributed by atoms with van der Waals surface area (Å²) in [4.78, 5) is 22.3. The smallest absolute Gasteiger partial charge is 0.303 e. The lowest BCUT2D eigenvalue weighted by Crippen LogP contribution is -2.39. The summed E-state index contributed by atoms with van der Waals surface area (Å²) in [5.74, 6) is -0.928. The molecular weight excluding hydrogens is 362 g/mol. The van der Waals surface area contributed by atoms with Gasteiger partial charge in [0.25, 0.3) is 0 Å². The fourth-order valence-corrected chi connectivity index (χ4v) is 2.99. The van der Waals surface area contributed by atoms with Crippen molar-refractivity contribution in [2.75, 3.05) is 17.6 Å². The average Bonchev–Trinajstić information content (AvgIpc) is 2.52. The Kier molecular flexibility index (Phi) is 6.38. The molecule has 0 radical (unpaired) electrons. The molecule has 1 aliphatic rings. The van der Waals surface area contributed by atoms with E-state index in [-0.39, 0.29) is 6.61 Å². The molecule has 1 heterocycles. The molecule has 0 bridgehead atoms. The first kappa shape index (κ1) is 19.9. The Hall–Kier alpha value is -2.39. The molecule has 0 amide bonds. The minimum absolute atomic E-state index is 0.0537. The Morgan fingerprint density at radius 1 is 1.12 bits per heavy atom. The fraction of sp³-hybridized carbons (Fsp3) is 0.412. The highest BCUT2D eigenvalue weighted by Crippen LogP contribution is 2.29. The van der Waals surface area contributed by atoms with E-state index < -0.39 is 40.3 Å². The number of hydrogen-bond acceptors (Lipinski definition) is 7. The summed E-state index contributed by atoms with van der Waals surface area (Å²) in [7, 11) is -3.35. The Morgan fingerprint density at radius 3 is 2.31 bits per heavy atom. The Balaban J connectivity index is 2.13. The van der Waals surface area contributed by atoms with Crippen LogP contribution in [0.2, 0.25) is 0 Å². The van der Waals surface area contributed by atoms with Crippen molar-refractivity contribution in [2.45, 2.75) is 32.2 Å². The zero-order valence-corrected chi connectivity index (χ0v) is 15.5. The lowest BCUT2D eigenvalue weighted by molar-refractivity contribution is -0.163. The van der Waals surface area contributed by atoms with Crippen LogP contribution < -0.4 is 4.72 Å². The average molecular weight is 383 g/mol. The van der Waals surface area contributed by atoms with E-state index in [4.69, 9.17) is 14.2 Å². The van der Waals surface area contributed by atoms with Gasteiger partial charge in [-0.15, -0.1) is 0 Å². The predicted molar refractivity (Wildman–Crippen MR) is 93.8 cm³/mol. The molecule has 2 rings (SSSR count). The van der Waals surface area contributed by atoms with Crippen LogP contribution in [0.1, 0.15) is 25.5 Å². The molecule has 1 aliphatic heterocycles. The third kappa shape index (κ3) is 6.16. The number of rotatable bonds is 6. The highest BCUT2D eigenvalue weighted by Gasteiger charge is 2.31. The third-order valence-electron chi connectivity index (χ3n) is 3.46. The zero-order valence-electron chi connectivity index (χ0n) is 14.7. The molecule has 26 heavy (non-hydrogen) atoms. The summed E-state index contributed by atoms with van der Waals surface area (Å²) in [6.07, 6.45) is 2.74. The lowest BCUT2D eigenvalue weighted by atomic mass is 10.0. The third-order valence-corrected chi connectivity index (χ3v) is 4.07. The first-order valence-corrected chi connectivity index (χ1v) is 9.75. The number of ether oxygens (including phenoxy) is 3. The number of benzene rings is 1. The number of carbonyl (C=O) groups is 2. The van der Waals surface area contributed by atoms with E-state index in [9.17, 15) is 18.0 Å². The molecule has 142 valence electrons. The quantitative estimate of drug-likeness (QED) is 0.586. The summed E-state index contributed by atoms with van der Waals surface area (Å²) in [6.45, 7) is 2.52. The molecule has 0 fully saturated rings. The maximum Gasteiger partial charge on any atom is 0.303 e. The molecule has 0 saturated heterocycles. The standard InChI is InChI=1S/C17H21NO7S/c1-11(19)23-10-17-16(24-12(2)20)9-8-15(25-17)13-4-6-14(7-5-13)18-26(3,21)22/h4-9,15-18H,10H2,1-3H3/t15-,16-,17+/m0/s1. The zero-order chi connectivity index (χ0) is 19.3. The van der Waals surface area contributed by atoms with E-state index in [0.29, 0.717) is 5.69 Å². The van der Waals surface area contributed by atoms with Crippen molar-refractivity contribution in [1.29, 1.82) is 0 Å². The molecule has 0 saturated carbocycles. The second kappa shape index (κ2) is 8.33. The molecule has 0 unspecified atom stereocenters. The first-order chi connectivity index (χ1) is 12.1. The first-order valence-electron chi connectivity index (χ1n) is 7.86. The van der Waals surface area contributed by atoms with Crippen molar-refractivity contribution in [3.63, 3.8) is 0 Å². The molecule has 1 N–H and O–H groups in total. The van der Waals surface area contributed by atoms with E-state index in [1.54, 1.807) is 36.4 Å². The predicted octanol–water partition coefficient (Wildman–Crippen LogP) is 1.55.